The van der Waals surface area contributed by atoms with Crippen LogP contribution in [0.15, 0.2) is 36.6 Å². The Bertz CT molecular complexity index is 246. The van der Waals surface area contributed by atoms with E-state index in [2.05, 4.69) is 6.07 Å². The number of fused-ring (bicyclic) bond motifs is 1. The van der Waals surface area contributed by atoms with E-state index in [0.717, 1.165) is 12.2 Å². The summed E-state index contributed by atoms with van der Waals surface area (Å²) in [5, 5.41) is 0. The van der Waals surface area contributed by atoms with Crippen LogP contribution in [0.25, 0.3) is 0 Å². The maximum absolute atomic E-state index is 5.24. The maximum atomic E-state index is 5.24. The molecule has 0 saturated heterocycles. The van der Waals surface area contributed by atoms with E-state index in [1.165, 1.54) is 5.56 Å². The first kappa shape index (κ1) is 11.5. The molecule has 1 aliphatic heterocycles. The molecule has 0 unspecified atom stereocenters. The van der Waals surface area contributed by atoms with Crippen molar-refractivity contribution in [2.45, 2.75) is 6.42 Å². The van der Waals surface area contributed by atoms with E-state index in [-0.39, 0.29) is 28.5 Å². The predicted octanol–water partition coefficient (Wildman–Crippen LogP) is 2.29. The van der Waals surface area contributed by atoms with Crippen molar-refractivity contribution in [1.82, 2.24) is 6.15 Å². The third-order valence-corrected chi connectivity index (χ3v) is 1.60. The summed E-state index contributed by atoms with van der Waals surface area (Å²) in [5.74, 6) is 0.991. The van der Waals surface area contributed by atoms with Crippen LogP contribution in [0.1, 0.15) is 5.56 Å². The third-order valence-electron chi connectivity index (χ3n) is 1.60. The normalized spacial score (nSPS) is 11.7. The first-order valence-corrected chi connectivity index (χ1v) is 3.36. The predicted molar refractivity (Wildman–Crippen MR) is 44.9 cm³/mol. The first-order chi connectivity index (χ1) is 4.97. The van der Waals surface area contributed by atoms with E-state index in [1.807, 2.05) is 24.3 Å². The summed E-state index contributed by atoms with van der Waals surface area (Å²) in [6, 6.07) is 8.08. The van der Waals surface area contributed by atoms with Gasteiger partial charge in [-0.2, -0.15) is 0 Å². The number of rotatable bonds is 0. The molecule has 63 valence electrons. The Labute approximate surface area is 87.7 Å². The molecule has 0 aliphatic carbocycles. The molecular formula is C9H11NOTa. The van der Waals surface area contributed by atoms with Gasteiger partial charge in [-0.1, -0.05) is 18.2 Å². The smallest absolute Gasteiger partial charge is 0.130 e. The Balaban J connectivity index is 0.000000605. The largest absolute Gasteiger partial charge is 0.465 e. The second-order valence-corrected chi connectivity index (χ2v) is 2.30. The van der Waals surface area contributed by atoms with Crippen molar-refractivity contribution < 1.29 is 27.1 Å². The minimum Gasteiger partial charge on any atom is -0.465 e. The SMILES string of the molecule is C1=COc2ccccc2C1.N.[Ta]. The summed E-state index contributed by atoms with van der Waals surface area (Å²) in [6.07, 6.45) is 4.75. The number of hydrogen-bond acceptors (Lipinski definition) is 2. The van der Waals surface area contributed by atoms with Gasteiger partial charge in [0.2, 0.25) is 0 Å². The van der Waals surface area contributed by atoms with Crippen LogP contribution in [-0.2, 0) is 28.8 Å². The Morgan fingerprint density at radius 2 is 1.92 bits per heavy atom. The molecule has 2 nitrogen and oxygen atoms in total. The van der Waals surface area contributed by atoms with E-state index in [9.17, 15) is 0 Å². The van der Waals surface area contributed by atoms with Crippen molar-refractivity contribution in [3.63, 3.8) is 0 Å². The third kappa shape index (κ3) is 2.22. The van der Waals surface area contributed by atoms with E-state index >= 15 is 0 Å². The number of allylic oxidation sites excluding steroid dienone is 1. The van der Waals surface area contributed by atoms with Gasteiger partial charge in [0, 0.05) is 22.4 Å². The summed E-state index contributed by atoms with van der Waals surface area (Å²) in [6.45, 7) is 0. The minimum absolute atomic E-state index is 0. The molecule has 1 aromatic rings. The fourth-order valence-electron chi connectivity index (χ4n) is 1.08. The fraction of sp³-hybridized carbons (Fsp3) is 0.111. The second-order valence-electron chi connectivity index (χ2n) is 2.30. The molecule has 1 heterocycles. The molecule has 0 atom stereocenters. The summed E-state index contributed by atoms with van der Waals surface area (Å²) in [7, 11) is 0. The molecule has 0 amide bonds. The van der Waals surface area contributed by atoms with E-state index in [1.54, 1.807) is 6.26 Å². The van der Waals surface area contributed by atoms with Crippen molar-refractivity contribution in [1.29, 1.82) is 0 Å². The van der Waals surface area contributed by atoms with Crippen molar-refractivity contribution in [3.05, 3.63) is 42.2 Å². The molecule has 3 heteroatoms. The standard InChI is InChI=1S/C9H8O.H3N.Ta/c1-2-6-9-8(4-1)5-3-7-10-9;;/h1-4,6-7H,5H2;1H3;. The molecule has 0 spiro atoms. The van der Waals surface area contributed by atoms with Crippen molar-refractivity contribution in [2.24, 2.45) is 0 Å². The zero-order valence-corrected chi connectivity index (χ0v) is 9.95. The molecule has 2 rings (SSSR count). The first-order valence-electron chi connectivity index (χ1n) is 3.36. The fourth-order valence-corrected chi connectivity index (χ4v) is 1.08. The van der Waals surface area contributed by atoms with Crippen LogP contribution < -0.4 is 10.9 Å². The van der Waals surface area contributed by atoms with Crippen molar-refractivity contribution in [3.8, 4) is 5.75 Å². The van der Waals surface area contributed by atoms with Gasteiger partial charge < -0.3 is 10.9 Å². The number of para-hydroxylation sites is 1. The topological polar surface area (TPSA) is 44.2 Å². The van der Waals surface area contributed by atoms with Crippen molar-refractivity contribution in [2.75, 3.05) is 0 Å². The van der Waals surface area contributed by atoms with Crippen LogP contribution in [-0.4, -0.2) is 0 Å². The van der Waals surface area contributed by atoms with Crippen LogP contribution in [0.4, 0.5) is 0 Å². The Morgan fingerprint density at radius 1 is 1.17 bits per heavy atom. The van der Waals surface area contributed by atoms with Gasteiger partial charge >= 0.3 is 0 Å². The van der Waals surface area contributed by atoms with Gasteiger partial charge in [0.1, 0.15) is 5.75 Å². The maximum Gasteiger partial charge on any atom is 0.130 e. The monoisotopic (exact) mass is 330 g/mol. The van der Waals surface area contributed by atoms with Gasteiger partial charge in [-0.15, -0.1) is 0 Å². The van der Waals surface area contributed by atoms with Crippen LogP contribution in [0.5, 0.6) is 5.75 Å². The summed E-state index contributed by atoms with van der Waals surface area (Å²) < 4.78 is 5.24. The van der Waals surface area contributed by atoms with Gasteiger partial charge in [-0.05, 0) is 24.1 Å². The molecule has 1 radical (unpaired) electrons. The molecule has 3 N–H and O–H groups in total. The van der Waals surface area contributed by atoms with Crippen LogP contribution in [0.3, 0.4) is 0 Å². The van der Waals surface area contributed by atoms with E-state index in [0.29, 0.717) is 0 Å². The number of benzene rings is 1. The molecule has 0 bridgehead atoms. The quantitative estimate of drug-likeness (QED) is 0.793. The van der Waals surface area contributed by atoms with Gasteiger partial charge in [0.15, 0.2) is 0 Å². The van der Waals surface area contributed by atoms with Crippen molar-refractivity contribution >= 4 is 0 Å². The average molecular weight is 330 g/mol. The van der Waals surface area contributed by atoms with Gasteiger partial charge in [0.25, 0.3) is 0 Å². The van der Waals surface area contributed by atoms with Crippen LogP contribution >= 0.6 is 0 Å². The molecule has 1 aliphatic rings. The number of hydrogen-bond donors (Lipinski definition) is 1. The molecule has 0 saturated carbocycles. The zero-order valence-electron chi connectivity index (χ0n) is 6.73. The van der Waals surface area contributed by atoms with Crippen LogP contribution in [0, 0.1) is 0 Å². The van der Waals surface area contributed by atoms with Gasteiger partial charge in [-0.25, -0.2) is 0 Å². The summed E-state index contributed by atoms with van der Waals surface area (Å²) in [5.41, 5.74) is 1.27. The van der Waals surface area contributed by atoms with Crippen LogP contribution in [0.2, 0.25) is 0 Å². The average Bonchev–Trinajstić information content (AvgIpc) is 2.05. The Hall–Kier alpha value is -0.540. The molecular weight excluding hydrogens is 319 g/mol. The van der Waals surface area contributed by atoms with Gasteiger partial charge in [-0.3, -0.25) is 0 Å². The molecule has 12 heavy (non-hydrogen) atoms. The number of ether oxygens (including phenoxy) is 1. The zero-order chi connectivity index (χ0) is 6.81. The van der Waals surface area contributed by atoms with E-state index in [4.69, 9.17) is 4.74 Å². The Morgan fingerprint density at radius 3 is 2.67 bits per heavy atom. The van der Waals surface area contributed by atoms with Gasteiger partial charge in [0.05, 0.1) is 6.26 Å². The molecule has 0 fully saturated rings. The second kappa shape index (κ2) is 5.17. The minimum atomic E-state index is 0. The Kier molecular flexibility index (Phi) is 4.93. The van der Waals surface area contributed by atoms with E-state index < -0.39 is 0 Å². The molecule has 1 aromatic carbocycles. The summed E-state index contributed by atoms with van der Waals surface area (Å²) >= 11 is 0. The summed E-state index contributed by atoms with van der Waals surface area (Å²) in [4.78, 5) is 0. The molecule has 0 aromatic heterocycles.